The molecule has 5 nitrogen and oxygen atoms in total. The largest absolute Gasteiger partial charge is 0.338 e. The van der Waals surface area contributed by atoms with Crippen LogP contribution in [0.4, 0.5) is 5.69 Å². The number of benzene rings is 1. The number of carbonyl (C=O) groups excluding carboxylic acids is 2. The van der Waals surface area contributed by atoms with Crippen molar-refractivity contribution in [2.24, 2.45) is 0 Å². The molecular weight excluding hydrogens is 346 g/mol. The summed E-state index contributed by atoms with van der Waals surface area (Å²) in [6.45, 7) is 7.86. The fourth-order valence-electron chi connectivity index (χ4n) is 2.24. The Hall–Kier alpha value is -1.40. The van der Waals surface area contributed by atoms with Crippen molar-refractivity contribution in [3.8, 4) is 0 Å². The first-order valence-corrected chi connectivity index (χ1v) is 8.31. The Kier molecular flexibility index (Phi) is 7.55. The molecule has 2 amide bonds. The summed E-state index contributed by atoms with van der Waals surface area (Å²) in [5, 5.41) is 2.89. The minimum atomic E-state index is -0.0877. The second kappa shape index (κ2) is 8.90. The van der Waals surface area contributed by atoms with Crippen LogP contribution in [0.5, 0.6) is 0 Å². The van der Waals surface area contributed by atoms with Crippen LogP contribution in [0, 0.1) is 6.92 Å². The average molecular weight is 371 g/mol. The summed E-state index contributed by atoms with van der Waals surface area (Å²) in [6, 6.07) is 5.72. The van der Waals surface area contributed by atoms with Gasteiger partial charge < -0.3 is 15.1 Å². The second-order valence-corrected chi connectivity index (χ2v) is 6.30. The molecule has 0 saturated carbocycles. The van der Waals surface area contributed by atoms with Gasteiger partial charge in [-0.25, -0.2) is 0 Å². The average Bonchev–Trinajstić information content (AvgIpc) is 2.43. The van der Waals surface area contributed by atoms with E-state index in [0.29, 0.717) is 19.6 Å². The Balaban J connectivity index is 2.52. The van der Waals surface area contributed by atoms with Crippen LogP contribution in [-0.4, -0.2) is 49.9 Å². The molecule has 1 atom stereocenters. The van der Waals surface area contributed by atoms with Crippen molar-refractivity contribution in [3.63, 3.8) is 0 Å². The van der Waals surface area contributed by atoms with Gasteiger partial charge in [0.15, 0.2) is 13.1 Å². The van der Waals surface area contributed by atoms with Gasteiger partial charge in [-0.3, -0.25) is 9.59 Å². The van der Waals surface area contributed by atoms with E-state index in [4.69, 9.17) is 0 Å². The fourth-order valence-corrected chi connectivity index (χ4v) is 2.72. The number of likely N-dealkylation sites (N-methyl/N-ethyl adjacent to an activating group) is 2. The number of quaternary nitrogens is 1. The fraction of sp³-hybridized carbons (Fsp3) is 0.500. The van der Waals surface area contributed by atoms with E-state index in [1.54, 1.807) is 4.90 Å². The predicted molar refractivity (Wildman–Crippen MR) is 92.1 cm³/mol. The predicted octanol–water partition coefficient (Wildman–Crippen LogP) is 1.08. The highest BCUT2D eigenvalue weighted by atomic mass is 79.9. The first kappa shape index (κ1) is 18.6. The van der Waals surface area contributed by atoms with Crippen LogP contribution in [0.1, 0.15) is 19.4 Å². The van der Waals surface area contributed by atoms with E-state index in [9.17, 15) is 9.59 Å². The molecule has 1 aromatic rings. The van der Waals surface area contributed by atoms with Crippen molar-refractivity contribution in [2.75, 3.05) is 38.5 Å². The maximum atomic E-state index is 12.1. The number of aryl methyl sites for hydroxylation is 1. The molecule has 122 valence electrons. The van der Waals surface area contributed by atoms with E-state index in [2.05, 4.69) is 21.2 Å². The summed E-state index contributed by atoms with van der Waals surface area (Å²) in [6.07, 6.45) is 0. The van der Waals surface area contributed by atoms with E-state index in [0.717, 1.165) is 20.6 Å². The Labute approximate surface area is 140 Å². The topological polar surface area (TPSA) is 53.9 Å². The number of amides is 2. The van der Waals surface area contributed by atoms with Crippen LogP contribution in [0.3, 0.4) is 0 Å². The molecule has 0 aliphatic rings. The van der Waals surface area contributed by atoms with Gasteiger partial charge in [0.25, 0.3) is 11.8 Å². The minimum absolute atomic E-state index is 0.0788. The van der Waals surface area contributed by atoms with Gasteiger partial charge in [0, 0.05) is 23.2 Å². The Morgan fingerprint density at radius 2 is 1.86 bits per heavy atom. The third kappa shape index (κ3) is 5.77. The van der Waals surface area contributed by atoms with Crippen LogP contribution in [0.2, 0.25) is 0 Å². The third-order valence-electron chi connectivity index (χ3n) is 3.49. The van der Waals surface area contributed by atoms with E-state index < -0.39 is 0 Å². The molecule has 0 spiro atoms. The maximum absolute atomic E-state index is 12.1. The minimum Gasteiger partial charge on any atom is -0.338 e. The number of hydrogen-bond donors (Lipinski definition) is 2. The van der Waals surface area contributed by atoms with Gasteiger partial charge in [0.2, 0.25) is 0 Å². The van der Waals surface area contributed by atoms with Crippen LogP contribution in [0.25, 0.3) is 0 Å². The van der Waals surface area contributed by atoms with Gasteiger partial charge in [-0.05, 0) is 44.5 Å². The van der Waals surface area contributed by atoms with Gasteiger partial charge in [-0.15, -0.1) is 0 Å². The highest BCUT2D eigenvalue weighted by Gasteiger charge is 2.18. The number of rotatable bonds is 7. The first-order valence-electron chi connectivity index (χ1n) is 7.52. The molecule has 6 heteroatoms. The Morgan fingerprint density at radius 3 is 2.41 bits per heavy atom. The molecule has 0 aromatic heterocycles. The van der Waals surface area contributed by atoms with E-state index in [-0.39, 0.29) is 18.4 Å². The summed E-state index contributed by atoms with van der Waals surface area (Å²) >= 11 is 3.40. The first-order chi connectivity index (χ1) is 10.4. The normalized spacial score (nSPS) is 11.9. The number of hydrogen-bond acceptors (Lipinski definition) is 2. The lowest BCUT2D eigenvalue weighted by molar-refractivity contribution is -0.862. The molecule has 0 fully saturated rings. The van der Waals surface area contributed by atoms with Crippen LogP contribution in [0.15, 0.2) is 22.7 Å². The number of nitrogens with one attached hydrogen (secondary N) is 2. The summed E-state index contributed by atoms with van der Waals surface area (Å²) in [5.41, 5.74) is 1.80. The summed E-state index contributed by atoms with van der Waals surface area (Å²) < 4.78 is 0.982. The van der Waals surface area contributed by atoms with E-state index in [1.165, 1.54) is 0 Å². The molecule has 2 N–H and O–H groups in total. The maximum Gasteiger partial charge on any atom is 0.279 e. The summed E-state index contributed by atoms with van der Waals surface area (Å²) in [7, 11) is 1.86. The molecule has 0 bridgehead atoms. The van der Waals surface area contributed by atoms with Gasteiger partial charge >= 0.3 is 0 Å². The number of halogens is 1. The van der Waals surface area contributed by atoms with Crippen molar-refractivity contribution in [1.29, 1.82) is 0 Å². The second-order valence-electron chi connectivity index (χ2n) is 5.38. The molecule has 0 radical (unpaired) electrons. The molecular formula is C16H25BrN3O2+. The monoisotopic (exact) mass is 370 g/mol. The lowest BCUT2D eigenvalue weighted by Gasteiger charge is -2.21. The van der Waals surface area contributed by atoms with E-state index >= 15 is 0 Å². The molecule has 1 aromatic carbocycles. The number of nitrogens with zero attached hydrogens (tertiary/aromatic N) is 1. The molecule has 0 saturated heterocycles. The highest BCUT2D eigenvalue weighted by Crippen LogP contribution is 2.19. The molecule has 22 heavy (non-hydrogen) atoms. The summed E-state index contributed by atoms with van der Waals surface area (Å²) in [4.78, 5) is 26.8. The number of anilines is 1. The smallest absolute Gasteiger partial charge is 0.279 e. The van der Waals surface area contributed by atoms with Crippen molar-refractivity contribution in [2.45, 2.75) is 20.8 Å². The van der Waals surface area contributed by atoms with Gasteiger partial charge in [-0.1, -0.05) is 15.9 Å². The Bertz CT molecular complexity index is 530. The van der Waals surface area contributed by atoms with Crippen molar-refractivity contribution in [3.05, 3.63) is 28.2 Å². The lowest BCUT2D eigenvalue weighted by Crippen LogP contribution is -3.11. The van der Waals surface area contributed by atoms with Gasteiger partial charge in [0.1, 0.15) is 0 Å². The van der Waals surface area contributed by atoms with Crippen LogP contribution < -0.4 is 10.2 Å². The van der Waals surface area contributed by atoms with Crippen molar-refractivity contribution >= 4 is 33.4 Å². The van der Waals surface area contributed by atoms with Crippen molar-refractivity contribution < 1.29 is 14.5 Å². The molecule has 0 aliphatic heterocycles. The molecule has 1 rings (SSSR count). The third-order valence-corrected chi connectivity index (χ3v) is 3.99. The van der Waals surface area contributed by atoms with E-state index in [1.807, 2.05) is 46.0 Å². The van der Waals surface area contributed by atoms with Crippen LogP contribution in [-0.2, 0) is 9.59 Å². The van der Waals surface area contributed by atoms with Crippen LogP contribution >= 0.6 is 15.9 Å². The van der Waals surface area contributed by atoms with Gasteiger partial charge in [-0.2, -0.15) is 0 Å². The standard InChI is InChI=1S/C16H24BrN3O2/c1-5-20(6-2)16(22)11-19(4)10-15(21)18-14-8-7-13(17)9-12(14)3/h7-9H,5-6,10-11H2,1-4H3,(H,18,21)/p+1. The zero-order chi connectivity index (χ0) is 16.7. The quantitative estimate of drug-likeness (QED) is 0.754. The van der Waals surface area contributed by atoms with Crippen molar-refractivity contribution in [1.82, 2.24) is 4.90 Å². The molecule has 0 aliphatic carbocycles. The summed E-state index contributed by atoms with van der Waals surface area (Å²) in [5.74, 6) is -0.00890. The zero-order valence-electron chi connectivity index (χ0n) is 13.7. The zero-order valence-corrected chi connectivity index (χ0v) is 15.3. The number of carbonyl (C=O) groups is 2. The lowest BCUT2D eigenvalue weighted by atomic mass is 10.2. The SMILES string of the molecule is CCN(CC)C(=O)C[NH+](C)CC(=O)Nc1ccc(Br)cc1C. The molecule has 0 heterocycles. The van der Waals surface area contributed by atoms with Gasteiger partial charge in [0.05, 0.1) is 7.05 Å². The molecule has 1 unspecified atom stereocenters. The highest BCUT2D eigenvalue weighted by molar-refractivity contribution is 9.10. The Morgan fingerprint density at radius 1 is 1.23 bits per heavy atom.